The highest BCUT2D eigenvalue weighted by Crippen LogP contribution is 2.28. The Kier molecular flexibility index (Phi) is 3.98. The topological polar surface area (TPSA) is 81.9 Å². The smallest absolute Gasteiger partial charge is 0.242 e. The lowest BCUT2D eigenvalue weighted by atomic mass is 10.2. The molecule has 1 aliphatic heterocycles. The van der Waals surface area contributed by atoms with Gasteiger partial charge < -0.3 is 15.2 Å². The maximum Gasteiger partial charge on any atom is 0.242 e. The first-order valence-corrected chi connectivity index (χ1v) is 7.41. The van der Waals surface area contributed by atoms with Gasteiger partial charge in [0, 0.05) is 20.5 Å². The number of nitrogens with zero attached hydrogens (tertiary/aromatic N) is 1. The SMILES string of the molecule is CN(C)S(=O)(=O)c1ccc(OC2CCOC2)c(N)c1. The van der Waals surface area contributed by atoms with Crippen molar-refractivity contribution in [1.29, 1.82) is 0 Å². The molecule has 1 aliphatic rings. The molecule has 0 radical (unpaired) electrons. The molecule has 0 amide bonds. The Morgan fingerprint density at radius 1 is 1.42 bits per heavy atom. The van der Waals surface area contributed by atoms with Crippen LogP contribution in [0.1, 0.15) is 6.42 Å². The van der Waals surface area contributed by atoms with E-state index in [1.54, 1.807) is 6.07 Å². The van der Waals surface area contributed by atoms with Crippen LogP contribution in [0.4, 0.5) is 5.69 Å². The Labute approximate surface area is 113 Å². The van der Waals surface area contributed by atoms with Crippen molar-refractivity contribution in [1.82, 2.24) is 4.31 Å². The van der Waals surface area contributed by atoms with Gasteiger partial charge in [0.05, 0.1) is 23.8 Å². The van der Waals surface area contributed by atoms with Crippen molar-refractivity contribution in [3.05, 3.63) is 18.2 Å². The van der Waals surface area contributed by atoms with Gasteiger partial charge in [-0.05, 0) is 18.2 Å². The van der Waals surface area contributed by atoms with Crippen LogP contribution in [0.3, 0.4) is 0 Å². The Morgan fingerprint density at radius 3 is 2.68 bits per heavy atom. The van der Waals surface area contributed by atoms with Crippen LogP contribution in [0.2, 0.25) is 0 Å². The third kappa shape index (κ3) is 2.99. The lowest BCUT2D eigenvalue weighted by Gasteiger charge is -2.16. The fraction of sp³-hybridized carbons (Fsp3) is 0.500. The van der Waals surface area contributed by atoms with Crippen molar-refractivity contribution in [2.45, 2.75) is 17.4 Å². The number of rotatable bonds is 4. The van der Waals surface area contributed by atoms with Gasteiger partial charge >= 0.3 is 0 Å². The minimum atomic E-state index is -3.47. The summed E-state index contributed by atoms with van der Waals surface area (Å²) in [4.78, 5) is 0.157. The molecule has 2 N–H and O–H groups in total. The first kappa shape index (κ1) is 14.1. The second-order valence-corrected chi connectivity index (χ2v) is 6.74. The van der Waals surface area contributed by atoms with Crippen molar-refractivity contribution < 1.29 is 17.9 Å². The van der Waals surface area contributed by atoms with Gasteiger partial charge in [-0.25, -0.2) is 12.7 Å². The number of hydrogen-bond donors (Lipinski definition) is 1. The number of sulfonamides is 1. The van der Waals surface area contributed by atoms with Crippen LogP contribution < -0.4 is 10.5 Å². The number of nitrogens with two attached hydrogens (primary N) is 1. The molecular weight excluding hydrogens is 268 g/mol. The molecule has 1 fully saturated rings. The van der Waals surface area contributed by atoms with Crippen LogP contribution in [-0.4, -0.2) is 46.1 Å². The predicted octanol–water partition coefficient (Wildman–Crippen LogP) is 0.687. The number of anilines is 1. The van der Waals surface area contributed by atoms with Gasteiger partial charge in [-0.3, -0.25) is 0 Å². The van der Waals surface area contributed by atoms with Crippen LogP contribution in [0.5, 0.6) is 5.75 Å². The van der Waals surface area contributed by atoms with Gasteiger partial charge in [0.25, 0.3) is 0 Å². The molecule has 0 saturated carbocycles. The van der Waals surface area contributed by atoms with Crippen LogP contribution in [-0.2, 0) is 14.8 Å². The van der Waals surface area contributed by atoms with Crippen molar-refractivity contribution in [3.8, 4) is 5.75 Å². The van der Waals surface area contributed by atoms with E-state index >= 15 is 0 Å². The summed E-state index contributed by atoms with van der Waals surface area (Å²) in [5, 5.41) is 0. The average Bonchev–Trinajstić information content (AvgIpc) is 2.84. The molecule has 1 unspecified atom stereocenters. The Balaban J connectivity index is 2.22. The van der Waals surface area contributed by atoms with Crippen molar-refractivity contribution >= 4 is 15.7 Å². The van der Waals surface area contributed by atoms with Crippen LogP contribution in [0, 0.1) is 0 Å². The highest BCUT2D eigenvalue weighted by molar-refractivity contribution is 7.89. The quantitative estimate of drug-likeness (QED) is 0.823. The van der Waals surface area contributed by atoms with E-state index < -0.39 is 10.0 Å². The molecule has 1 heterocycles. The van der Waals surface area contributed by atoms with Crippen LogP contribution in [0.15, 0.2) is 23.1 Å². The molecule has 19 heavy (non-hydrogen) atoms. The number of nitrogen functional groups attached to an aromatic ring is 1. The molecule has 106 valence electrons. The van der Waals surface area contributed by atoms with E-state index in [2.05, 4.69) is 0 Å². The summed E-state index contributed by atoms with van der Waals surface area (Å²) in [5.74, 6) is 0.494. The second kappa shape index (κ2) is 5.36. The van der Waals surface area contributed by atoms with Gasteiger partial charge in [0.1, 0.15) is 11.9 Å². The molecule has 1 aromatic carbocycles. The van der Waals surface area contributed by atoms with Gasteiger partial charge in [-0.1, -0.05) is 0 Å². The zero-order valence-corrected chi connectivity index (χ0v) is 11.8. The maximum atomic E-state index is 11.9. The molecule has 0 aromatic heterocycles. The number of benzene rings is 1. The highest BCUT2D eigenvalue weighted by atomic mass is 32.2. The Bertz CT molecular complexity index is 551. The van der Waals surface area contributed by atoms with E-state index in [4.69, 9.17) is 15.2 Å². The van der Waals surface area contributed by atoms with Crippen molar-refractivity contribution in [2.24, 2.45) is 0 Å². The monoisotopic (exact) mass is 286 g/mol. The van der Waals surface area contributed by atoms with E-state index in [9.17, 15) is 8.42 Å². The second-order valence-electron chi connectivity index (χ2n) is 4.59. The lowest BCUT2D eigenvalue weighted by Crippen LogP contribution is -2.22. The molecule has 0 bridgehead atoms. The summed E-state index contributed by atoms with van der Waals surface area (Å²) in [6.45, 7) is 1.22. The average molecular weight is 286 g/mol. The predicted molar refractivity (Wildman–Crippen MR) is 71.6 cm³/mol. The summed E-state index contributed by atoms with van der Waals surface area (Å²) in [6.07, 6.45) is 0.801. The third-order valence-corrected chi connectivity index (χ3v) is 4.75. The zero-order chi connectivity index (χ0) is 14.0. The Hall–Kier alpha value is -1.31. The van der Waals surface area contributed by atoms with E-state index in [1.165, 1.54) is 26.2 Å². The lowest BCUT2D eigenvalue weighted by molar-refractivity contribution is 0.142. The van der Waals surface area contributed by atoms with E-state index in [-0.39, 0.29) is 11.0 Å². The standard InChI is InChI=1S/C12H18N2O4S/c1-14(2)19(15,16)10-3-4-12(11(13)7-10)18-9-5-6-17-8-9/h3-4,7,9H,5-6,8,13H2,1-2H3. The molecule has 1 atom stereocenters. The zero-order valence-electron chi connectivity index (χ0n) is 11.0. The van der Waals surface area contributed by atoms with Gasteiger partial charge in [0.2, 0.25) is 10.0 Å². The van der Waals surface area contributed by atoms with Crippen LogP contribution in [0.25, 0.3) is 0 Å². The highest BCUT2D eigenvalue weighted by Gasteiger charge is 2.21. The van der Waals surface area contributed by atoms with Crippen molar-refractivity contribution in [2.75, 3.05) is 33.0 Å². The summed E-state index contributed by atoms with van der Waals surface area (Å²) < 4.78 is 35.9. The summed E-state index contributed by atoms with van der Waals surface area (Å²) in [5.41, 5.74) is 6.16. The molecule has 1 saturated heterocycles. The van der Waals surface area contributed by atoms with E-state index in [0.717, 1.165) is 10.7 Å². The molecule has 7 heteroatoms. The first-order chi connectivity index (χ1) is 8.91. The van der Waals surface area contributed by atoms with Crippen molar-refractivity contribution in [3.63, 3.8) is 0 Å². The molecular formula is C12H18N2O4S. The summed E-state index contributed by atoms with van der Waals surface area (Å²) in [6, 6.07) is 4.50. The third-order valence-electron chi connectivity index (χ3n) is 2.94. The molecule has 1 aromatic rings. The Morgan fingerprint density at radius 2 is 2.16 bits per heavy atom. The summed E-state index contributed by atoms with van der Waals surface area (Å²) in [7, 11) is -0.514. The largest absolute Gasteiger partial charge is 0.486 e. The number of hydrogen-bond acceptors (Lipinski definition) is 5. The maximum absolute atomic E-state index is 11.9. The molecule has 0 aliphatic carbocycles. The van der Waals surface area contributed by atoms with Gasteiger partial charge in [-0.2, -0.15) is 0 Å². The van der Waals surface area contributed by atoms with E-state index in [1.807, 2.05) is 0 Å². The van der Waals surface area contributed by atoms with Gasteiger partial charge in [-0.15, -0.1) is 0 Å². The van der Waals surface area contributed by atoms with E-state index in [0.29, 0.717) is 24.7 Å². The minimum Gasteiger partial charge on any atom is -0.486 e. The fourth-order valence-electron chi connectivity index (χ4n) is 1.79. The van der Waals surface area contributed by atoms with Crippen LogP contribution >= 0.6 is 0 Å². The van der Waals surface area contributed by atoms with Gasteiger partial charge in [0.15, 0.2) is 0 Å². The number of ether oxygens (including phenoxy) is 2. The summed E-state index contributed by atoms with van der Waals surface area (Å²) >= 11 is 0. The normalized spacial score (nSPS) is 19.8. The fourth-order valence-corrected chi connectivity index (χ4v) is 2.73. The first-order valence-electron chi connectivity index (χ1n) is 5.97. The molecule has 6 nitrogen and oxygen atoms in total. The minimum absolute atomic E-state index is 0.0152. The molecule has 2 rings (SSSR count). The molecule has 0 spiro atoms.